The second kappa shape index (κ2) is 8.31. The number of benzene rings is 2. The van der Waals surface area contributed by atoms with Crippen molar-refractivity contribution in [3.8, 4) is 11.5 Å². The summed E-state index contributed by atoms with van der Waals surface area (Å²) in [6.45, 7) is 1.78. The molecule has 0 radical (unpaired) electrons. The third-order valence-electron chi connectivity index (χ3n) is 4.77. The van der Waals surface area contributed by atoms with E-state index >= 15 is 0 Å². The first-order valence-electron chi connectivity index (χ1n) is 9.55. The molecular weight excluding hydrogens is 398 g/mol. The van der Waals surface area contributed by atoms with Gasteiger partial charge in [-0.3, -0.25) is 19.6 Å². The van der Waals surface area contributed by atoms with Crippen LogP contribution in [0.5, 0.6) is 11.5 Å². The number of rotatable bonds is 6. The van der Waals surface area contributed by atoms with E-state index in [-0.39, 0.29) is 23.8 Å². The molecule has 0 aliphatic rings. The Morgan fingerprint density at radius 2 is 1.71 bits per heavy atom. The zero-order valence-electron chi connectivity index (χ0n) is 17.3. The van der Waals surface area contributed by atoms with E-state index in [0.29, 0.717) is 34.3 Å². The number of fused-ring (bicyclic) bond motifs is 1. The number of aromatic amines is 1. The van der Waals surface area contributed by atoms with E-state index in [1.54, 1.807) is 43.3 Å². The summed E-state index contributed by atoms with van der Waals surface area (Å²) in [5.41, 5.74) is 1.23. The molecule has 0 bridgehead atoms. The number of H-pyrrole nitrogens is 1. The van der Waals surface area contributed by atoms with Gasteiger partial charge < -0.3 is 9.47 Å². The Labute approximate surface area is 177 Å². The molecule has 0 fully saturated rings. The molecule has 9 heteroatoms. The summed E-state index contributed by atoms with van der Waals surface area (Å²) in [5.74, 6) is 1.30. The van der Waals surface area contributed by atoms with E-state index in [0.717, 1.165) is 0 Å². The Bertz CT molecular complexity index is 1310. The number of hydrogen-bond acceptors (Lipinski definition) is 6. The molecule has 1 amide bonds. The highest BCUT2D eigenvalue weighted by Gasteiger charge is 2.25. The van der Waals surface area contributed by atoms with Gasteiger partial charge in [-0.25, -0.2) is 4.98 Å². The van der Waals surface area contributed by atoms with Gasteiger partial charge in [0.15, 0.2) is 0 Å². The number of nitrogens with zero attached hydrogens (tertiary/aromatic N) is 4. The Morgan fingerprint density at radius 1 is 1.03 bits per heavy atom. The number of carbonyl (C=O) groups excluding carboxylic acids is 1. The van der Waals surface area contributed by atoms with Crippen LogP contribution in [0.1, 0.15) is 21.9 Å². The first kappa shape index (κ1) is 20.1. The lowest BCUT2D eigenvalue weighted by Gasteiger charge is -2.24. The van der Waals surface area contributed by atoms with Crippen molar-refractivity contribution in [1.82, 2.24) is 19.6 Å². The molecule has 2 heterocycles. The summed E-state index contributed by atoms with van der Waals surface area (Å²) >= 11 is 0. The summed E-state index contributed by atoms with van der Waals surface area (Å²) in [4.78, 5) is 36.0. The number of ether oxygens (including phenoxy) is 2. The van der Waals surface area contributed by atoms with Crippen LogP contribution in [-0.4, -0.2) is 39.7 Å². The van der Waals surface area contributed by atoms with Crippen LogP contribution in [0, 0.1) is 6.92 Å². The minimum atomic E-state index is -0.307. The molecule has 0 unspecified atom stereocenters. The number of aryl methyl sites for hydroxylation is 1. The fourth-order valence-corrected chi connectivity index (χ4v) is 3.34. The summed E-state index contributed by atoms with van der Waals surface area (Å²) in [6.07, 6.45) is 0. The number of nitrogens with one attached hydrogen (secondary N) is 1. The fourth-order valence-electron chi connectivity index (χ4n) is 3.34. The highest BCUT2D eigenvalue weighted by atomic mass is 16.5. The van der Waals surface area contributed by atoms with Crippen molar-refractivity contribution in [1.29, 1.82) is 0 Å². The smallest absolute Gasteiger partial charge is 0.274 e. The van der Waals surface area contributed by atoms with Crippen LogP contribution >= 0.6 is 0 Å². The van der Waals surface area contributed by atoms with Gasteiger partial charge >= 0.3 is 0 Å². The monoisotopic (exact) mass is 419 g/mol. The van der Waals surface area contributed by atoms with Crippen molar-refractivity contribution in [2.45, 2.75) is 13.5 Å². The maximum Gasteiger partial charge on any atom is 0.274 e. The normalized spacial score (nSPS) is 10.8. The Kier molecular flexibility index (Phi) is 5.40. The number of methoxy groups -OCH3 is 2. The van der Waals surface area contributed by atoms with Gasteiger partial charge in [-0.15, -0.1) is 0 Å². The second-order valence-corrected chi connectivity index (χ2v) is 6.80. The van der Waals surface area contributed by atoms with Gasteiger partial charge in [0.25, 0.3) is 17.2 Å². The van der Waals surface area contributed by atoms with Crippen LogP contribution in [0.4, 0.5) is 5.69 Å². The van der Waals surface area contributed by atoms with Crippen LogP contribution in [0.3, 0.4) is 0 Å². The average molecular weight is 419 g/mol. The van der Waals surface area contributed by atoms with Crippen molar-refractivity contribution < 1.29 is 14.3 Å². The van der Waals surface area contributed by atoms with E-state index in [1.165, 1.54) is 29.7 Å². The molecule has 0 saturated carbocycles. The summed E-state index contributed by atoms with van der Waals surface area (Å²) in [6, 6.07) is 15.6. The SMILES string of the molecule is COc1ccccc1C(=O)N(Cc1nc2nc(C)cc(=O)n2[nH]1)c1ccccc1OC. The third-order valence-corrected chi connectivity index (χ3v) is 4.77. The van der Waals surface area contributed by atoms with E-state index in [2.05, 4.69) is 15.1 Å². The van der Waals surface area contributed by atoms with Crippen molar-refractivity contribution in [2.24, 2.45) is 0 Å². The van der Waals surface area contributed by atoms with Gasteiger partial charge in [0.2, 0.25) is 0 Å². The number of aromatic nitrogens is 4. The molecule has 0 spiro atoms. The number of carbonyl (C=O) groups is 1. The molecule has 9 nitrogen and oxygen atoms in total. The molecule has 0 aliphatic carbocycles. The van der Waals surface area contributed by atoms with E-state index in [9.17, 15) is 9.59 Å². The van der Waals surface area contributed by atoms with Crippen LogP contribution < -0.4 is 19.9 Å². The molecule has 0 aliphatic heterocycles. The minimum Gasteiger partial charge on any atom is -0.496 e. The lowest BCUT2D eigenvalue weighted by Crippen LogP contribution is -2.31. The topological polar surface area (TPSA) is 102 Å². The van der Waals surface area contributed by atoms with Gasteiger partial charge in [-0.1, -0.05) is 24.3 Å². The van der Waals surface area contributed by atoms with Gasteiger partial charge in [0.05, 0.1) is 32.0 Å². The summed E-state index contributed by atoms with van der Waals surface area (Å²) in [5, 5.41) is 2.93. The van der Waals surface area contributed by atoms with Crippen molar-refractivity contribution in [2.75, 3.05) is 19.1 Å². The zero-order chi connectivity index (χ0) is 22.0. The van der Waals surface area contributed by atoms with Crippen molar-refractivity contribution >= 4 is 17.4 Å². The molecular formula is C22H21N5O4. The Hall–Kier alpha value is -4.14. The Balaban J connectivity index is 1.82. The van der Waals surface area contributed by atoms with Crippen LogP contribution in [0.25, 0.3) is 5.78 Å². The van der Waals surface area contributed by atoms with Gasteiger partial charge in [0.1, 0.15) is 17.3 Å². The summed E-state index contributed by atoms with van der Waals surface area (Å²) in [7, 11) is 3.05. The zero-order valence-corrected chi connectivity index (χ0v) is 17.3. The second-order valence-electron chi connectivity index (χ2n) is 6.80. The molecule has 1 N–H and O–H groups in total. The van der Waals surface area contributed by atoms with Crippen LogP contribution in [-0.2, 0) is 6.54 Å². The quantitative estimate of drug-likeness (QED) is 0.515. The van der Waals surface area contributed by atoms with Gasteiger partial charge in [0, 0.05) is 11.8 Å². The minimum absolute atomic E-state index is 0.0547. The van der Waals surface area contributed by atoms with Gasteiger partial charge in [-0.2, -0.15) is 9.50 Å². The summed E-state index contributed by atoms with van der Waals surface area (Å²) < 4.78 is 12.1. The van der Waals surface area contributed by atoms with Crippen LogP contribution in [0.15, 0.2) is 59.4 Å². The molecule has 0 atom stereocenters. The molecule has 2 aromatic heterocycles. The standard InChI is InChI=1S/C22H21N5O4/c1-14-12-20(28)27-22(23-14)24-19(25-27)13-26(16-9-5-7-11-18(16)31-3)21(29)15-8-4-6-10-17(15)30-2/h4-12H,13H2,1-3H3,(H,23,24,25). The third kappa shape index (κ3) is 3.85. The first-order chi connectivity index (χ1) is 15.0. The first-order valence-corrected chi connectivity index (χ1v) is 9.55. The van der Waals surface area contributed by atoms with Crippen molar-refractivity contribution in [3.05, 3.63) is 82.0 Å². The molecule has 4 aromatic rings. The van der Waals surface area contributed by atoms with E-state index < -0.39 is 0 Å². The lowest BCUT2D eigenvalue weighted by molar-refractivity contribution is 0.0981. The van der Waals surface area contributed by atoms with E-state index in [4.69, 9.17) is 9.47 Å². The largest absolute Gasteiger partial charge is 0.496 e. The molecule has 2 aromatic carbocycles. The van der Waals surface area contributed by atoms with E-state index in [1.807, 2.05) is 12.1 Å². The Morgan fingerprint density at radius 3 is 2.45 bits per heavy atom. The number of para-hydroxylation sites is 3. The molecule has 0 saturated heterocycles. The van der Waals surface area contributed by atoms with Crippen molar-refractivity contribution in [3.63, 3.8) is 0 Å². The predicted octanol–water partition coefficient (Wildman–Crippen LogP) is 2.59. The average Bonchev–Trinajstić information content (AvgIpc) is 3.20. The number of anilines is 1. The molecule has 4 rings (SSSR count). The maximum atomic E-state index is 13.6. The fraction of sp³-hybridized carbons (Fsp3) is 0.182. The van der Waals surface area contributed by atoms with Crippen LogP contribution in [0.2, 0.25) is 0 Å². The molecule has 158 valence electrons. The number of hydrogen-bond donors (Lipinski definition) is 1. The van der Waals surface area contributed by atoms with Gasteiger partial charge in [-0.05, 0) is 31.2 Å². The maximum absolute atomic E-state index is 13.6. The highest BCUT2D eigenvalue weighted by Crippen LogP contribution is 2.31. The predicted molar refractivity (Wildman–Crippen MR) is 115 cm³/mol. The highest BCUT2D eigenvalue weighted by molar-refractivity contribution is 6.08. The number of amides is 1. The molecule has 31 heavy (non-hydrogen) atoms. The lowest BCUT2D eigenvalue weighted by atomic mass is 10.1.